The van der Waals surface area contributed by atoms with Gasteiger partial charge in [-0.1, -0.05) is 116 Å². The Morgan fingerprint density at radius 2 is 0.483 bits per heavy atom. The summed E-state index contributed by atoms with van der Waals surface area (Å²) in [4.78, 5) is 84.2. The average Bonchev–Trinajstić information content (AvgIpc) is 3.31. The minimum atomic E-state index is -1.53. The highest BCUT2D eigenvalue weighted by Gasteiger charge is 2.48. The van der Waals surface area contributed by atoms with Gasteiger partial charge in [-0.2, -0.15) is 0 Å². The van der Waals surface area contributed by atoms with Crippen molar-refractivity contribution in [1.82, 2.24) is 0 Å². The molecule has 0 aliphatic heterocycles. The molecule has 0 aromatic carbocycles. The topological polar surface area (TPSA) is 158 Å². The second kappa shape index (κ2) is 24.5. The molecule has 6 aliphatic rings. The van der Waals surface area contributed by atoms with E-state index in [0.717, 1.165) is 116 Å². The van der Waals surface area contributed by atoms with Crippen LogP contribution in [0.15, 0.2) is 0 Å². The summed E-state index contributed by atoms with van der Waals surface area (Å²) in [5.41, 5.74) is 0. The van der Waals surface area contributed by atoms with E-state index in [9.17, 15) is 28.8 Å². The molecule has 0 aromatic heterocycles. The number of esters is 6. The standard InChI is InChI=1S/C48H74O12/c49-43(33-19-7-1-8-20-33)55-31-39(57-45(51)35-23-11-3-12-24-35)41(59-47(53)37-27-15-5-16-28-37)42(60-48(54)38-29-17-6-18-30-38)40(58-46(52)36-25-13-4-14-26-36)32-56-44(50)34-21-9-2-10-22-34/h33-42H,1-32H2/t39-,40-,41-,42-/m1/s1. The van der Waals surface area contributed by atoms with Crippen molar-refractivity contribution in [2.45, 2.75) is 217 Å². The largest absolute Gasteiger partial charge is 0.461 e. The lowest BCUT2D eigenvalue weighted by molar-refractivity contribution is -0.215. The lowest BCUT2D eigenvalue weighted by Gasteiger charge is -2.38. The molecule has 0 amide bonds. The first kappa shape index (κ1) is 46.3. The Hall–Kier alpha value is -3.18. The molecule has 6 rings (SSSR count). The minimum Gasteiger partial charge on any atom is -0.461 e. The smallest absolute Gasteiger partial charge is 0.309 e. The Morgan fingerprint density at radius 1 is 0.283 bits per heavy atom. The first-order chi connectivity index (χ1) is 29.3. The Morgan fingerprint density at radius 3 is 0.717 bits per heavy atom. The van der Waals surface area contributed by atoms with E-state index in [1.165, 1.54) is 0 Å². The molecule has 6 aliphatic carbocycles. The Balaban J connectivity index is 1.38. The zero-order chi connectivity index (χ0) is 42.1. The number of carbonyl (C=O) groups is 6. The highest BCUT2D eigenvalue weighted by atomic mass is 16.6. The van der Waals surface area contributed by atoms with Crippen molar-refractivity contribution in [1.29, 1.82) is 0 Å². The number of hydrogen-bond acceptors (Lipinski definition) is 12. The second-order valence-electron chi connectivity index (χ2n) is 19.0. The lowest BCUT2D eigenvalue weighted by atomic mass is 9.88. The van der Waals surface area contributed by atoms with Gasteiger partial charge in [0, 0.05) is 0 Å². The van der Waals surface area contributed by atoms with Crippen LogP contribution in [-0.4, -0.2) is 73.4 Å². The van der Waals surface area contributed by atoms with Gasteiger partial charge >= 0.3 is 35.8 Å². The first-order valence-electron chi connectivity index (χ1n) is 24.4. The first-order valence-corrected chi connectivity index (χ1v) is 24.4. The van der Waals surface area contributed by atoms with Crippen LogP contribution in [0, 0.1) is 35.5 Å². The molecule has 6 fully saturated rings. The summed E-state index contributed by atoms with van der Waals surface area (Å²) >= 11 is 0. The maximum atomic E-state index is 14.3. The molecule has 60 heavy (non-hydrogen) atoms. The molecule has 338 valence electrons. The van der Waals surface area contributed by atoms with Crippen LogP contribution in [0.1, 0.15) is 193 Å². The summed E-state index contributed by atoms with van der Waals surface area (Å²) in [6.07, 6.45) is 18.6. The van der Waals surface area contributed by atoms with Gasteiger partial charge in [0.1, 0.15) is 13.2 Å². The van der Waals surface area contributed by atoms with Gasteiger partial charge in [-0.05, 0) is 77.0 Å². The van der Waals surface area contributed by atoms with Gasteiger partial charge in [-0.15, -0.1) is 0 Å². The summed E-state index contributed by atoms with van der Waals surface area (Å²) in [5, 5.41) is 0. The van der Waals surface area contributed by atoms with E-state index in [-0.39, 0.29) is 11.8 Å². The quantitative estimate of drug-likeness (QED) is 0.101. The molecule has 0 unspecified atom stereocenters. The predicted molar refractivity (Wildman–Crippen MR) is 221 cm³/mol. The summed E-state index contributed by atoms with van der Waals surface area (Å²) < 4.78 is 37.7. The third-order valence-electron chi connectivity index (χ3n) is 14.5. The highest BCUT2D eigenvalue weighted by molar-refractivity contribution is 5.76. The van der Waals surface area contributed by atoms with Crippen molar-refractivity contribution >= 4 is 35.8 Å². The summed E-state index contributed by atoms with van der Waals surface area (Å²) in [6.45, 7) is -0.891. The van der Waals surface area contributed by atoms with Crippen LogP contribution < -0.4 is 0 Å². The highest BCUT2D eigenvalue weighted by Crippen LogP contribution is 2.34. The summed E-state index contributed by atoms with van der Waals surface area (Å²) in [6, 6.07) is 0. The molecule has 0 bridgehead atoms. The normalized spacial score (nSPS) is 24.2. The minimum absolute atomic E-state index is 0.306. The molecule has 0 radical (unpaired) electrons. The van der Waals surface area contributed by atoms with Crippen LogP contribution in [-0.2, 0) is 57.2 Å². The van der Waals surface area contributed by atoms with Crippen molar-refractivity contribution in [2.75, 3.05) is 13.2 Å². The molecule has 12 heteroatoms. The number of carbonyl (C=O) groups excluding carboxylic acids is 6. The van der Waals surface area contributed by atoms with Crippen molar-refractivity contribution < 1.29 is 57.2 Å². The number of rotatable bonds is 17. The van der Waals surface area contributed by atoms with Crippen molar-refractivity contribution in [3.05, 3.63) is 0 Å². The summed E-state index contributed by atoms with van der Waals surface area (Å²) in [7, 11) is 0. The second-order valence-corrected chi connectivity index (χ2v) is 19.0. The van der Waals surface area contributed by atoms with Crippen LogP contribution in [0.2, 0.25) is 0 Å². The maximum absolute atomic E-state index is 14.3. The average molecular weight is 843 g/mol. The zero-order valence-corrected chi connectivity index (χ0v) is 36.3. The fourth-order valence-electron chi connectivity index (χ4n) is 10.6. The van der Waals surface area contributed by atoms with Crippen molar-refractivity contribution in [2.24, 2.45) is 35.5 Å². The van der Waals surface area contributed by atoms with Crippen molar-refractivity contribution in [3.8, 4) is 0 Å². The van der Waals surface area contributed by atoms with E-state index >= 15 is 0 Å². The number of ether oxygens (including phenoxy) is 6. The molecular formula is C48H74O12. The summed E-state index contributed by atoms with van der Waals surface area (Å²) in [5.74, 6) is -5.18. The van der Waals surface area contributed by atoms with E-state index in [0.29, 0.717) is 77.0 Å². The molecule has 0 heterocycles. The van der Waals surface area contributed by atoms with Gasteiger partial charge in [0.05, 0.1) is 35.5 Å². The fourth-order valence-corrected chi connectivity index (χ4v) is 10.6. The molecule has 0 N–H and O–H groups in total. The third-order valence-corrected chi connectivity index (χ3v) is 14.5. The molecular weight excluding hydrogens is 769 g/mol. The van der Waals surface area contributed by atoms with Gasteiger partial charge in [0.2, 0.25) is 0 Å². The van der Waals surface area contributed by atoms with E-state index in [2.05, 4.69) is 0 Å². The number of hydrogen-bond donors (Lipinski definition) is 0. The van der Waals surface area contributed by atoms with E-state index in [1.54, 1.807) is 0 Å². The van der Waals surface area contributed by atoms with Gasteiger partial charge in [0.15, 0.2) is 24.4 Å². The molecule has 6 saturated carbocycles. The third kappa shape index (κ3) is 13.9. The van der Waals surface area contributed by atoms with Crippen LogP contribution in [0.4, 0.5) is 0 Å². The monoisotopic (exact) mass is 843 g/mol. The SMILES string of the molecule is O=C(OC[C@@H](OC(=O)C1CCCCC1)[C@@H](OC(=O)C1CCCCC1)[C@H](OC(=O)C1CCCCC1)[C@@H](COC(=O)C1CCCCC1)OC(=O)C1CCCCC1)C1CCCCC1. The van der Waals surface area contributed by atoms with Crippen molar-refractivity contribution in [3.63, 3.8) is 0 Å². The van der Waals surface area contributed by atoms with Gasteiger partial charge < -0.3 is 28.4 Å². The van der Waals surface area contributed by atoms with Crippen LogP contribution in [0.25, 0.3) is 0 Å². The molecule has 4 atom stereocenters. The van der Waals surface area contributed by atoms with E-state index < -0.39 is 97.1 Å². The van der Waals surface area contributed by atoms with E-state index in [4.69, 9.17) is 28.4 Å². The molecule has 0 saturated heterocycles. The van der Waals surface area contributed by atoms with Gasteiger partial charge in [-0.3, -0.25) is 28.8 Å². The maximum Gasteiger partial charge on any atom is 0.309 e. The Bertz CT molecular complexity index is 1270. The molecule has 0 aromatic rings. The fraction of sp³-hybridized carbons (Fsp3) is 0.875. The Kier molecular flexibility index (Phi) is 18.9. The van der Waals surface area contributed by atoms with Gasteiger partial charge in [0.25, 0.3) is 0 Å². The molecule has 12 nitrogen and oxygen atoms in total. The predicted octanol–water partition coefficient (Wildman–Crippen LogP) is 9.20. The van der Waals surface area contributed by atoms with Crippen LogP contribution in [0.3, 0.4) is 0 Å². The molecule has 0 spiro atoms. The lowest BCUT2D eigenvalue weighted by Crippen LogP contribution is -2.56. The zero-order valence-electron chi connectivity index (χ0n) is 36.3. The Labute approximate surface area is 358 Å². The van der Waals surface area contributed by atoms with Crippen LogP contribution >= 0.6 is 0 Å². The van der Waals surface area contributed by atoms with Gasteiger partial charge in [-0.25, -0.2) is 0 Å². The van der Waals surface area contributed by atoms with Crippen LogP contribution in [0.5, 0.6) is 0 Å². The van der Waals surface area contributed by atoms with E-state index in [1.807, 2.05) is 0 Å².